The zero-order valence-electron chi connectivity index (χ0n) is 15.9. The van der Waals surface area contributed by atoms with E-state index in [0.717, 1.165) is 20.3 Å². The number of nitrogens with one attached hydrogen (secondary N) is 2. The molecule has 0 radical (unpaired) electrons. The third-order valence-electron chi connectivity index (χ3n) is 5.00. The summed E-state index contributed by atoms with van der Waals surface area (Å²) in [7, 11) is 0. The number of carbonyl (C=O) groups excluding carboxylic acids is 1. The number of fused-ring (bicyclic) bond motifs is 1. The number of anilines is 2. The Morgan fingerprint density at radius 1 is 1.17 bits per heavy atom. The molecule has 0 aliphatic carbocycles. The first-order valence-electron chi connectivity index (χ1n) is 9.27. The Morgan fingerprint density at radius 3 is 2.47 bits per heavy atom. The van der Waals surface area contributed by atoms with E-state index in [1.54, 1.807) is 36.4 Å². The number of rotatable bonds is 3. The van der Waals surface area contributed by atoms with Crippen molar-refractivity contribution in [3.8, 4) is 0 Å². The van der Waals surface area contributed by atoms with Gasteiger partial charge in [-0.05, 0) is 36.8 Å². The van der Waals surface area contributed by atoms with Crippen molar-refractivity contribution in [3.05, 3.63) is 75.9 Å². The van der Waals surface area contributed by atoms with Crippen LogP contribution in [0.3, 0.4) is 0 Å². The highest BCUT2D eigenvalue weighted by atomic mass is 79.9. The summed E-state index contributed by atoms with van der Waals surface area (Å²) in [5.41, 5.74) is 2.22. The minimum Gasteiger partial charge on any atom is -0.363 e. The molecule has 4 rings (SSSR count). The summed E-state index contributed by atoms with van der Waals surface area (Å²) >= 11 is 3.33. The van der Waals surface area contributed by atoms with Crippen LogP contribution in [-0.2, 0) is 0 Å². The molecular formula is C21H18BrF3N4O. The molecule has 0 bridgehead atoms. The lowest BCUT2D eigenvalue weighted by Crippen LogP contribution is -2.35. The zero-order chi connectivity index (χ0) is 21.5. The zero-order valence-corrected chi connectivity index (χ0v) is 17.5. The summed E-state index contributed by atoms with van der Waals surface area (Å²) in [6, 6.07) is 13.2. The fourth-order valence-corrected chi connectivity index (χ4v) is 3.69. The fourth-order valence-electron chi connectivity index (χ4n) is 3.43. The molecule has 0 saturated carbocycles. The van der Waals surface area contributed by atoms with Crippen LogP contribution >= 0.6 is 15.9 Å². The van der Waals surface area contributed by atoms with Crippen molar-refractivity contribution in [2.45, 2.75) is 31.6 Å². The molecule has 3 aromatic rings. The van der Waals surface area contributed by atoms with Gasteiger partial charge in [-0.15, -0.1) is 0 Å². The van der Waals surface area contributed by atoms with Crippen molar-refractivity contribution in [2.75, 3.05) is 10.6 Å². The number of aromatic nitrogens is 2. The number of benzene rings is 2. The van der Waals surface area contributed by atoms with Gasteiger partial charge in [-0.25, -0.2) is 4.68 Å². The topological polar surface area (TPSA) is 59.0 Å². The van der Waals surface area contributed by atoms with E-state index in [1.807, 2.05) is 19.1 Å². The number of hydrogen-bond acceptors (Lipinski definition) is 3. The number of halogens is 4. The summed E-state index contributed by atoms with van der Waals surface area (Å²) in [6.07, 6.45) is -4.72. The Labute approximate surface area is 179 Å². The van der Waals surface area contributed by atoms with Crippen LogP contribution in [0.4, 0.5) is 24.7 Å². The van der Waals surface area contributed by atoms with E-state index >= 15 is 0 Å². The van der Waals surface area contributed by atoms with Crippen molar-refractivity contribution in [1.82, 2.24) is 9.78 Å². The molecular weight excluding hydrogens is 461 g/mol. The average molecular weight is 479 g/mol. The van der Waals surface area contributed by atoms with Gasteiger partial charge >= 0.3 is 6.18 Å². The molecule has 156 valence electrons. The van der Waals surface area contributed by atoms with Gasteiger partial charge in [-0.2, -0.15) is 18.3 Å². The van der Waals surface area contributed by atoms with Crippen molar-refractivity contribution in [2.24, 2.45) is 0 Å². The van der Waals surface area contributed by atoms with Crippen molar-refractivity contribution < 1.29 is 18.0 Å². The lowest BCUT2D eigenvalue weighted by molar-refractivity contribution is -0.173. The molecule has 2 aromatic carbocycles. The van der Waals surface area contributed by atoms with Crippen LogP contribution in [0.15, 0.2) is 59.1 Å². The van der Waals surface area contributed by atoms with Gasteiger partial charge in [-0.1, -0.05) is 45.8 Å². The van der Waals surface area contributed by atoms with Gasteiger partial charge in [0, 0.05) is 22.6 Å². The molecule has 30 heavy (non-hydrogen) atoms. The monoisotopic (exact) mass is 478 g/mol. The lowest BCUT2D eigenvalue weighted by Gasteiger charge is -2.33. The third kappa shape index (κ3) is 4.21. The average Bonchev–Trinajstić information content (AvgIpc) is 3.13. The van der Waals surface area contributed by atoms with Crippen LogP contribution in [0, 0.1) is 6.92 Å². The highest BCUT2D eigenvalue weighted by Gasteiger charge is 2.46. The first kappa shape index (κ1) is 20.5. The minimum atomic E-state index is -4.50. The maximum Gasteiger partial charge on any atom is 0.410 e. The molecule has 0 saturated heterocycles. The SMILES string of the molecule is Cc1ccc(NC(=O)c2cc3n(n2)[C@H](C(F)(F)F)C[C@@H](c2ccc(Br)cc2)N3)cc1. The van der Waals surface area contributed by atoms with Crippen LogP contribution in [0.25, 0.3) is 0 Å². The van der Waals surface area contributed by atoms with E-state index in [1.165, 1.54) is 6.07 Å². The van der Waals surface area contributed by atoms with Crippen molar-refractivity contribution in [1.29, 1.82) is 0 Å². The summed E-state index contributed by atoms with van der Waals surface area (Å²) in [5, 5.41) is 9.72. The first-order chi connectivity index (χ1) is 14.2. The van der Waals surface area contributed by atoms with Gasteiger partial charge in [0.15, 0.2) is 11.7 Å². The smallest absolute Gasteiger partial charge is 0.363 e. The summed E-state index contributed by atoms with van der Waals surface area (Å²) in [6.45, 7) is 1.92. The van der Waals surface area contributed by atoms with Crippen molar-refractivity contribution in [3.63, 3.8) is 0 Å². The Hall–Kier alpha value is -2.81. The molecule has 2 heterocycles. The summed E-state index contributed by atoms with van der Waals surface area (Å²) in [4.78, 5) is 12.6. The number of amides is 1. The normalized spacial score (nSPS) is 18.4. The molecule has 2 atom stereocenters. The van der Waals surface area contributed by atoms with Crippen molar-refractivity contribution >= 4 is 33.3 Å². The highest BCUT2D eigenvalue weighted by Crippen LogP contribution is 2.43. The predicted molar refractivity (Wildman–Crippen MR) is 112 cm³/mol. The Morgan fingerprint density at radius 2 is 1.83 bits per heavy atom. The number of aryl methyl sites for hydroxylation is 1. The largest absolute Gasteiger partial charge is 0.410 e. The maximum atomic E-state index is 13.8. The van der Waals surface area contributed by atoms with E-state index in [-0.39, 0.29) is 17.9 Å². The Bertz CT molecular complexity index is 1060. The van der Waals surface area contributed by atoms with Gasteiger partial charge in [-0.3, -0.25) is 4.79 Å². The third-order valence-corrected chi connectivity index (χ3v) is 5.53. The molecule has 9 heteroatoms. The second-order valence-corrected chi connectivity index (χ2v) is 8.14. The molecule has 0 spiro atoms. The number of carbonyl (C=O) groups is 1. The molecule has 1 aliphatic heterocycles. The molecule has 2 N–H and O–H groups in total. The molecule has 1 aliphatic rings. The molecule has 1 aromatic heterocycles. The quantitative estimate of drug-likeness (QED) is 0.495. The van der Waals surface area contributed by atoms with Crippen LogP contribution < -0.4 is 10.6 Å². The van der Waals surface area contributed by atoms with Crippen LogP contribution in [0.2, 0.25) is 0 Å². The number of alkyl halides is 3. The van der Waals surface area contributed by atoms with Gasteiger partial charge < -0.3 is 10.6 Å². The molecule has 0 unspecified atom stereocenters. The number of nitrogens with zero attached hydrogens (tertiary/aromatic N) is 2. The van der Waals surface area contributed by atoms with Gasteiger partial charge in [0.05, 0.1) is 6.04 Å². The minimum absolute atomic E-state index is 0.0798. The van der Waals surface area contributed by atoms with Crippen LogP contribution in [0.1, 0.15) is 40.1 Å². The van der Waals surface area contributed by atoms with Gasteiger partial charge in [0.1, 0.15) is 5.82 Å². The highest BCUT2D eigenvalue weighted by molar-refractivity contribution is 9.10. The standard InChI is InChI=1S/C21H18BrF3N4O/c1-12-2-8-15(9-3-12)26-20(30)17-11-19-27-16(13-4-6-14(22)7-5-13)10-18(21(23,24)25)29(19)28-17/h2-9,11,16,18,27H,10H2,1H3,(H,26,30)/t16-,18-/m0/s1. The van der Waals surface area contributed by atoms with E-state index in [0.29, 0.717) is 5.69 Å². The number of hydrogen-bond donors (Lipinski definition) is 2. The first-order valence-corrected chi connectivity index (χ1v) is 10.1. The van der Waals surface area contributed by atoms with Gasteiger partial charge in [0.2, 0.25) is 0 Å². The maximum absolute atomic E-state index is 13.8. The molecule has 0 fully saturated rings. The lowest BCUT2D eigenvalue weighted by atomic mass is 9.97. The fraction of sp³-hybridized carbons (Fsp3) is 0.238. The summed E-state index contributed by atoms with van der Waals surface area (Å²) in [5.74, 6) is -0.408. The van der Waals surface area contributed by atoms with E-state index < -0.39 is 24.2 Å². The Balaban J connectivity index is 1.63. The van der Waals surface area contributed by atoms with E-state index in [9.17, 15) is 18.0 Å². The predicted octanol–water partition coefficient (Wildman–Crippen LogP) is 5.87. The molecule has 5 nitrogen and oxygen atoms in total. The van der Waals surface area contributed by atoms with E-state index in [4.69, 9.17) is 0 Å². The van der Waals surface area contributed by atoms with Crippen LogP contribution in [-0.4, -0.2) is 21.9 Å². The summed E-state index contributed by atoms with van der Waals surface area (Å²) < 4.78 is 43.0. The Kier molecular flexibility index (Phi) is 5.31. The van der Waals surface area contributed by atoms with Gasteiger partial charge in [0.25, 0.3) is 5.91 Å². The van der Waals surface area contributed by atoms with Crippen LogP contribution in [0.5, 0.6) is 0 Å². The van der Waals surface area contributed by atoms with E-state index in [2.05, 4.69) is 31.7 Å². The second-order valence-electron chi connectivity index (χ2n) is 7.22. The second kappa shape index (κ2) is 7.79. The molecule has 1 amide bonds.